The normalized spacial score (nSPS) is 10.8. The summed E-state index contributed by atoms with van der Waals surface area (Å²) in [5.74, 6) is 0.512. The number of nitrogens with zero attached hydrogens (tertiary/aromatic N) is 2. The fourth-order valence-corrected chi connectivity index (χ4v) is 2.40. The van der Waals surface area contributed by atoms with E-state index in [1.807, 2.05) is 30.3 Å². The predicted octanol–water partition coefficient (Wildman–Crippen LogP) is 5.08. The Morgan fingerprint density at radius 2 is 1.57 bits per heavy atom. The third-order valence-corrected chi connectivity index (χ3v) is 4.02. The molecule has 0 amide bonds. The highest BCUT2D eigenvalue weighted by Crippen LogP contribution is 2.28. The third-order valence-electron chi connectivity index (χ3n) is 3.02. The minimum absolute atomic E-state index is 0.456. The summed E-state index contributed by atoms with van der Waals surface area (Å²) in [5.41, 5.74) is 8.47. The minimum Gasteiger partial charge on any atom is -0.384 e. The molecule has 2 N–H and O–H groups in total. The van der Waals surface area contributed by atoms with Gasteiger partial charge in [-0.3, -0.25) is 0 Å². The van der Waals surface area contributed by atoms with Gasteiger partial charge in [0.25, 0.3) is 0 Å². The van der Waals surface area contributed by atoms with Crippen molar-refractivity contribution in [3.05, 3.63) is 63.6 Å². The van der Waals surface area contributed by atoms with Crippen LogP contribution in [0, 0.1) is 0 Å². The van der Waals surface area contributed by atoms with E-state index in [1.54, 1.807) is 22.9 Å². The molecule has 6 heteroatoms. The second-order valence-corrected chi connectivity index (χ2v) is 5.72. The average molecular weight is 339 g/mol. The van der Waals surface area contributed by atoms with E-state index < -0.39 is 0 Å². The van der Waals surface area contributed by atoms with Crippen molar-refractivity contribution in [2.75, 3.05) is 5.73 Å². The molecule has 21 heavy (non-hydrogen) atoms. The first kappa shape index (κ1) is 14.3. The molecule has 1 heterocycles. The molecule has 0 spiro atoms. The van der Waals surface area contributed by atoms with Crippen LogP contribution in [-0.4, -0.2) is 9.78 Å². The molecule has 2 aromatic carbocycles. The van der Waals surface area contributed by atoms with Crippen molar-refractivity contribution >= 4 is 40.6 Å². The SMILES string of the molecule is Nc1cc(-c2ccc(Cl)cc2)nn1-c1ccc(Cl)c(Cl)c1. The maximum Gasteiger partial charge on any atom is 0.127 e. The number of hydrogen-bond acceptors (Lipinski definition) is 2. The van der Waals surface area contributed by atoms with E-state index in [9.17, 15) is 0 Å². The van der Waals surface area contributed by atoms with Crippen LogP contribution >= 0.6 is 34.8 Å². The maximum absolute atomic E-state index is 6.03. The minimum atomic E-state index is 0.456. The van der Waals surface area contributed by atoms with Crippen LogP contribution in [0.5, 0.6) is 0 Å². The Labute approximate surface area is 136 Å². The standard InChI is InChI=1S/C15H10Cl3N3/c16-10-3-1-9(2-4-10)14-8-15(19)21(20-14)11-5-6-12(17)13(18)7-11/h1-8H,19H2. The lowest BCUT2D eigenvalue weighted by Crippen LogP contribution is -2.01. The van der Waals surface area contributed by atoms with Crippen LogP contribution in [-0.2, 0) is 0 Å². The van der Waals surface area contributed by atoms with Gasteiger partial charge in [-0.1, -0.05) is 46.9 Å². The van der Waals surface area contributed by atoms with E-state index in [4.69, 9.17) is 40.5 Å². The Hall–Kier alpha value is -1.68. The van der Waals surface area contributed by atoms with Gasteiger partial charge in [0, 0.05) is 16.7 Å². The smallest absolute Gasteiger partial charge is 0.127 e. The molecular weight excluding hydrogens is 329 g/mol. The highest BCUT2D eigenvalue weighted by Gasteiger charge is 2.10. The number of hydrogen-bond donors (Lipinski definition) is 1. The molecule has 0 saturated heterocycles. The van der Waals surface area contributed by atoms with Gasteiger partial charge in [0.1, 0.15) is 5.82 Å². The number of rotatable bonds is 2. The van der Waals surface area contributed by atoms with Gasteiger partial charge in [-0.05, 0) is 30.3 Å². The van der Waals surface area contributed by atoms with E-state index in [0.29, 0.717) is 20.9 Å². The first-order chi connectivity index (χ1) is 10.0. The summed E-state index contributed by atoms with van der Waals surface area (Å²) in [5, 5.41) is 6.12. The van der Waals surface area contributed by atoms with Crippen LogP contribution in [0.1, 0.15) is 0 Å². The molecule has 3 rings (SSSR count). The van der Waals surface area contributed by atoms with E-state index in [1.165, 1.54) is 0 Å². The zero-order chi connectivity index (χ0) is 15.0. The summed E-state index contributed by atoms with van der Waals surface area (Å²) >= 11 is 17.8. The van der Waals surface area contributed by atoms with Crippen molar-refractivity contribution in [3.63, 3.8) is 0 Å². The molecule has 106 valence electrons. The number of halogens is 3. The molecule has 3 aromatic rings. The average Bonchev–Trinajstić information content (AvgIpc) is 2.85. The van der Waals surface area contributed by atoms with Gasteiger partial charge in [0.05, 0.1) is 21.4 Å². The van der Waals surface area contributed by atoms with Gasteiger partial charge in [-0.25, -0.2) is 4.68 Å². The molecule has 0 radical (unpaired) electrons. The lowest BCUT2D eigenvalue weighted by atomic mass is 10.1. The Bertz CT molecular complexity index is 794. The number of anilines is 1. The Morgan fingerprint density at radius 1 is 0.857 bits per heavy atom. The highest BCUT2D eigenvalue weighted by molar-refractivity contribution is 6.42. The number of benzene rings is 2. The summed E-state index contributed by atoms with van der Waals surface area (Å²) in [6.07, 6.45) is 0. The van der Waals surface area contributed by atoms with Crippen molar-refractivity contribution in [1.29, 1.82) is 0 Å². The Balaban J connectivity index is 2.05. The molecule has 0 saturated carbocycles. The fraction of sp³-hybridized carbons (Fsp3) is 0. The van der Waals surface area contributed by atoms with E-state index in [2.05, 4.69) is 5.10 Å². The van der Waals surface area contributed by atoms with Crippen LogP contribution in [0.4, 0.5) is 5.82 Å². The summed E-state index contributed by atoms with van der Waals surface area (Å²) in [6, 6.07) is 14.4. The monoisotopic (exact) mass is 337 g/mol. The van der Waals surface area contributed by atoms with Crippen LogP contribution in [0.25, 0.3) is 16.9 Å². The van der Waals surface area contributed by atoms with Crippen molar-refractivity contribution in [2.45, 2.75) is 0 Å². The fourth-order valence-electron chi connectivity index (χ4n) is 1.98. The highest BCUT2D eigenvalue weighted by atomic mass is 35.5. The van der Waals surface area contributed by atoms with Crippen molar-refractivity contribution in [3.8, 4) is 16.9 Å². The van der Waals surface area contributed by atoms with Crippen molar-refractivity contribution in [2.24, 2.45) is 0 Å². The molecule has 1 aromatic heterocycles. The molecule has 0 fully saturated rings. The quantitative estimate of drug-likeness (QED) is 0.708. The largest absolute Gasteiger partial charge is 0.384 e. The summed E-state index contributed by atoms with van der Waals surface area (Å²) in [7, 11) is 0. The Morgan fingerprint density at radius 3 is 2.24 bits per heavy atom. The molecule has 0 aliphatic carbocycles. The maximum atomic E-state index is 6.03. The van der Waals surface area contributed by atoms with Gasteiger partial charge in [-0.15, -0.1) is 0 Å². The predicted molar refractivity (Wildman–Crippen MR) is 88.4 cm³/mol. The second-order valence-electron chi connectivity index (χ2n) is 4.47. The van der Waals surface area contributed by atoms with Gasteiger partial charge in [0.2, 0.25) is 0 Å². The molecule has 0 aliphatic heterocycles. The van der Waals surface area contributed by atoms with Crippen LogP contribution in [0.15, 0.2) is 48.5 Å². The number of nitrogen functional groups attached to an aromatic ring is 1. The van der Waals surface area contributed by atoms with Gasteiger partial charge < -0.3 is 5.73 Å². The summed E-state index contributed by atoms with van der Waals surface area (Å²) in [4.78, 5) is 0. The zero-order valence-corrected chi connectivity index (χ0v) is 13.0. The van der Waals surface area contributed by atoms with Crippen molar-refractivity contribution < 1.29 is 0 Å². The van der Waals surface area contributed by atoms with Crippen LogP contribution < -0.4 is 5.73 Å². The molecular formula is C15H10Cl3N3. The summed E-state index contributed by atoms with van der Waals surface area (Å²) in [6.45, 7) is 0. The van der Waals surface area contributed by atoms with Gasteiger partial charge in [-0.2, -0.15) is 5.10 Å². The zero-order valence-electron chi connectivity index (χ0n) is 10.7. The summed E-state index contributed by atoms with van der Waals surface area (Å²) < 4.78 is 1.62. The molecule has 0 atom stereocenters. The lowest BCUT2D eigenvalue weighted by Gasteiger charge is -2.05. The van der Waals surface area contributed by atoms with Gasteiger partial charge >= 0.3 is 0 Å². The first-order valence-corrected chi connectivity index (χ1v) is 7.25. The van der Waals surface area contributed by atoms with Crippen LogP contribution in [0.2, 0.25) is 15.1 Å². The van der Waals surface area contributed by atoms with E-state index in [0.717, 1.165) is 16.9 Å². The topological polar surface area (TPSA) is 43.8 Å². The lowest BCUT2D eigenvalue weighted by molar-refractivity contribution is 0.895. The molecule has 0 unspecified atom stereocenters. The Kier molecular flexibility index (Phi) is 3.81. The van der Waals surface area contributed by atoms with Gasteiger partial charge in [0.15, 0.2) is 0 Å². The van der Waals surface area contributed by atoms with Crippen molar-refractivity contribution in [1.82, 2.24) is 9.78 Å². The van der Waals surface area contributed by atoms with E-state index in [-0.39, 0.29) is 0 Å². The van der Waals surface area contributed by atoms with E-state index >= 15 is 0 Å². The second kappa shape index (κ2) is 5.60. The molecule has 0 bridgehead atoms. The molecule has 3 nitrogen and oxygen atoms in total. The third kappa shape index (κ3) is 2.86. The molecule has 0 aliphatic rings. The van der Waals surface area contributed by atoms with Crippen LogP contribution in [0.3, 0.4) is 0 Å². The first-order valence-electron chi connectivity index (χ1n) is 6.11. The number of nitrogens with two attached hydrogens (primary N) is 1. The number of aromatic nitrogens is 2.